The molecule has 0 bridgehead atoms. The molecule has 1 amide bonds. The molecule has 36 heavy (non-hydrogen) atoms. The Morgan fingerprint density at radius 2 is 1.75 bits per heavy atom. The number of thiazole rings is 1. The molecular formula is C24H27N3O7S2. The quantitative estimate of drug-likeness (QED) is 0.359. The molecule has 0 atom stereocenters. The Kier molecular flexibility index (Phi) is 8.99. The van der Waals surface area contributed by atoms with E-state index < -0.39 is 21.7 Å². The molecule has 1 aromatic carbocycles. The van der Waals surface area contributed by atoms with Crippen molar-refractivity contribution in [2.45, 2.75) is 45.1 Å². The van der Waals surface area contributed by atoms with Gasteiger partial charge in [0.05, 0.1) is 41.0 Å². The molecule has 0 fully saturated rings. The number of rotatable bonds is 11. The van der Waals surface area contributed by atoms with Gasteiger partial charge in [0.25, 0.3) is 5.91 Å². The second kappa shape index (κ2) is 12.0. The van der Waals surface area contributed by atoms with Gasteiger partial charge in [-0.1, -0.05) is 6.92 Å². The van der Waals surface area contributed by atoms with Crippen molar-refractivity contribution in [3.05, 3.63) is 53.0 Å². The number of aromatic nitrogens is 2. The first-order valence-electron chi connectivity index (χ1n) is 11.2. The number of benzene rings is 1. The second-order valence-corrected chi connectivity index (χ2v) is 10.9. The lowest BCUT2D eigenvalue weighted by atomic mass is 10.2. The first-order chi connectivity index (χ1) is 17.1. The maximum absolute atomic E-state index is 12.9. The van der Waals surface area contributed by atoms with Gasteiger partial charge in [-0.05, 0) is 45.0 Å². The highest BCUT2D eigenvalue weighted by Crippen LogP contribution is 2.27. The van der Waals surface area contributed by atoms with Crippen LogP contribution in [0.15, 0.2) is 46.7 Å². The fourth-order valence-corrected chi connectivity index (χ4v) is 4.53. The summed E-state index contributed by atoms with van der Waals surface area (Å²) in [7, 11) is -3.34. The van der Waals surface area contributed by atoms with Crippen LogP contribution in [0.3, 0.4) is 0 Å². The SMILES string of the molecule is CCOC(=O)Cc1csc(NC(=O)c2cc(Oc3ccc(S(=O)(=O)CC)cc3)nc(OC(C)C)c2)n1. The summed E-state index contributed by atoms with van der Waals surface area (Å²) in [5, 5.41) is 4.68. The van der Waals surface area contributed by atoms with Crippen LogP contribution in [-0.4, -0.2) is 48.7 Å². The first-order valence-corrected chi connectivity index (χ1v) is 13.7. The van der Waals surface area contributed by atoms with Gasteiger partial charge in [0, 0.05) is 17.5 Å². The van der Waals surface area contributed by atoms with Crippen LogP contribution in [0.1, 0.15) is 43.7 Å². The van der Waals surface area contributed by atoms with Crippen molar-refractivity contribution in [2.75, 3.05) is 17.7 Å². The third kappa shape index (κ3) is 7.49. The average molecular weight is 534 g/mol. The topological polar surface area (TPSA) is 134 Å². The van der Waals surface area contributed by atoms with E-state index in [4.69, 9.17) is 14.2 Å². The zero-order chi connectivity index (χ0) is 26.3. The zero-order valence-corrected chi connectivity index (χ0v) is 21.9. The molecule has 2 heterocycles. The van der Waals surface area contributed by atoms with Crippen LogP contribution in [0.4, 0.5) is 5.13 Å². The largest absolute Gasteiger partial charge is 0.475 e. The Bertz CT molecular complexity index is 1320. The predicted octanol–water partition coefficient (Wildman–Crippen LogP) is 4.27. The van der Waals surface area contributed by atoms with Gasteiger partial charge in [-0.25, -0.2) is 13.4 Å². The first kappa shape index (κ1) is 27.1. The summed E-state index contributed by atoms with van der Waals surface area (Å²) in [4.78, 5) is 33.3. The molecule has 0 unspecified atom stereocenters. The lowest BCUT2D eigenvalue weighted by Gasteiger charge is -2.13. The number of pyridine rings is 1. The van der Waals surface area contributed by atoms with Crippen molar-refractivity contribution in [3.63, 3.8) is 0 Å². The molecule has 0 aliphatic rings. The second-order valence-electron chi connectivity index (χ2n) is 7.76. The van der Waals surface area contributed by atoms with Gasteiger partial charge >= 0.3 is 5.97 Å². The molecule has 2 aromatic heterocycles. The number of amides is 1. The van der Waals surface area contributed by atoms with Crippen LogP contribution in [0.2, 0.25) is 0 Å². The molecule has 3 aromatic rings. The molecule has 0 saturated heterocycles. The number of ether oxygens (including phenoxy) is 3. The number of carbonyl (C=O) groups excluding carboxylic acids is 2. The van der Waals surface area contributed by atoms with E-state index in [9.17, 15) is 18.0 Å². The Morgan fingerprint density at radius 3 is 2.39 bits per heavy atom. The summed E-state index contributed by atoms with van der Waals surface area (Å²) in [6.45, 7) is 7.22. The van der Waals surface area contributed by atoms with E-state index in [2.05, 4.69) is 15.3 Å². The van der Waals surface area contributed by atoms with E-state index in [-0.39, 0.29) is 47.1 Å². The molecule has 10 nitrogen and oxygen atoms in total. The lowest BCUT2D eigenvalue weighted by molar-refractivity contribution is -0.142. The van der Waals surface area contributed by atoms with Gasteiger partial charge in [-0.2, -0.15) is 4.98 Å². The van der Waals surface area contributed by atoms with E-state index in [1.807, 2.05) is 13.8 Å². The molecule has 0 aliphatic carbocycles. The van der Waals surface area contributed by atoms with Crippen molar-refractivity contribution in [1.29, 1.82) is 0 Å². The number of nitrogens with zero attached hydrogens (tertiary/aromatic N) is 2. The van der Waals surface area contributed by atoms with Crippen LogP contribution in [-0.2, 0) is 25.8 Å². The van der Waals surface area contributed by atoms with Crippen LogP contribution in [0.5, 0.6) is 17.5 Å². The average Bonchev–Trinajstić information content (AvgIpc) is 3.25. The number of sulfone groups is 1. The lowest BCUT2D eigenvalue weighted by Crippen LogP contribution is -2.14. The Balaban J connectivity index is 1.79. The molecule has 1 N–H and O–H groups in total. The van der Waals surface area contributed by atoms with Gasteiger partial charge < -0.3 is 14.2 Å². The fourth-order valence-electron chi connectivity index (χ4n) is 2.94. The van der Waals surface area contributed by atoms with Gasteiger partial charge in [-0.15, -0.1) is 11.3 Å². The number of nitrogens with one attached hydrogen (secondary N) is 1. The number of anilines is 1. The van der Waals surface area contributed by atoms with Crippen LogP contribution >= 0.6 is 11.3 Å². The molecule has 0 radical (unpaired) electrons. The summed E-state index contributed by atoms with van der Waals surface area (Å²) in [5.41, 5.74) is 0.702. The summed E-state index contributed by atoms with van der Waals surface area (Å²) >= 11 is 1.18. The molecule has 12 heteroatoms. The van der Waals surface area contributed by atoms with E-state index in [1.54, 1.807) is 19.2 Å². The zero-order valence-electron chi connectivity index (χ0n) is 20.3. The molecule has 192 valence electrons. The van der Waals surface area contributed by atoms with Gasteiger partial charge in [-0.3, -0.25) is 14.9 Å². The number of esters is 1. The van der Waals surface area contributed by atoms with Crippen LogP contribution < -0.4 is 14.8 Å². The number of hydrogen-bond donors (Lipinski definition) is 1. The molecule has 0 aliphatic heterocycles. The minimum absolute atomic E-state index is 0.00870. The number of carbonyl (C=O) groups is 2. The highest BCUT2D eigenvalue weighted by Gasteiger charge is 2.17. The van der Waals surface area contributed by atoms with Gasteiger partial charge in [0.2, 0.25) is 11.8 Å². The summed E-state index contributed by atoms with van der Waals surface area (Å²) < 4.78 is 40.4. The van der Waals surface area contributed by atoms with Crippen LogP contribution in [0, 0.1) is 0 Å². The van der Waals surface area contributed by atoms with Gasteiger partial charge in [0.15, 0.2) is 15.0 Å². The fraction of sp³-hybridized carbons (Fsp3) is 0.333. The molecular weight excluding hydrogens is 506 g/mol. The Morgan fingerprint density at radius 1 is 1.06 bits per heavy atom. The summed E-state index contributed by atoms with van der Waals surface area (Å²) in [5.74, 6) is -0.268. The molecule has 0 spiro atoms. The molecule has 3 rings (SSSR count). The van der Waals surface area contributed by atoms with E-state index in [0.29, 0.717) is 16.6 Å². The number of hydrogen-bond acceptors (Lipinski definition) is 10. The minimum Gasteiger partial charge on any atom is -0.475 e. The van der Waals surface area contributed by atoms with Crippen molar-refractivity contribution >= 4 is 38.2 Å². The Hall–Kier alpha value is -3.51. The van der Waals surface area contributed by atoms with Crippen molar-refractivity contribution < 1.29 is 32.2 Å². The standard InChI is InChI=1S/C24H27N3O7S2/c1-5-32-22(28)13-17-14-35-24(25-17)27-23(29)16-11-20(33-15(3)4)26-21(12-16)34-18-7-9-19(10-8-18)36(30,31)6-2/h7-12,14-15H,5-6,13H2,1-4H3,(H,25,27,29). The summed E-state index contributed by atoms with van der Waals surface area (Å²) in [6, 6.07) is 8.85. The maximum Gasteiger partial charge on any atom is 0.311 e. The van der Waals surface area contributed by atoms with E-state index in [1.165, 1.54) is 47.7 Å². The van der Waals surface area contributed by atoms with Crippen molar-refractivity contribution in [3.8, 4) is 17.5 Å². The minimum atomic E-state index is -3.34. The third-order valence-electron chi connectivity index (χ3n) is 4.59. The van der Waals surface area contributed by atoms with E-state index >= 15 is 0 Å². The van der Waals surface area contributed by atoms with Gasteiger partial charge in [0.1, 0.15) is 5.75 Å². The van der Waals surface area contributed by atoms with Crippen molar-refractivity contribution in [2.24, 2.45) is 0 Å². The maximum atomic E-state index is 12.9. The highest BCUT2D eigenvalue weighted by atomic mass is 32.2. The summed E-state index contributed by atoms with van der Waals surface area (Å²) in [6.07, 6.45) is -0.190. The van der Waals surface area contributed by atoms with Crippen molar-refractivity contribution in [1.82, 2.24) is 9.97 Å². The Labute approximate surface area is 213 Å². The highest BCUT2D eigenvalue weighted by molar-refractivity contribution is 7.91. The van der Waals surface area contributed by atoms with E-state index in [0.717, 1.165) is 0 Å². The smallest absolute Gasteiger partial charge is 0.311 e. The predicted molar refractivity (Wildman–Crippen MR) is 135 cm³/mol. The molecule has 0 saturated carbocycles. The van der Waals surface area contributed by atoms with Crippen LogP contribution in [0.25, 0.3) is 0 Å². The monoisotopic (exact) mass is 533 g/mol. The normalized spacial score (nSPS) is 11.2. The third-order valence-corrected chi connectivity index (χ3v) is 7.14.